The number of carbonyl (C=O) groups excluding carboxylic acids is 1. The van der Waals surface area contributed by atoms with Crippen molar-refractivity contribution in [2.75, 3.05) is 26.2 Å². The normalized spacial score (nSPS) is 29.8. The molecule has 2 unspecified atom stereocenters. The minimum Gasteiger partial charge on any atom is -0.463 e. The molecule has 90 valence electrons. The average molecular weight is 223 g/mol. The van der Waals surface area contributed by atoms with Crippen LogP contribution in [0.2, 0.25) is 0 Å². The number of fused-ring (bicyclic) bond motifs is 1. The summed E-state index contributed by atoms with van der Waals surface area (Å²) in [4.78, 5) is 13.5. The van der Waals surface area contributed by atoms with Crippen molar-refractivity contribution in [3.63, 3.8) is 0 Å². The van der Waals surface area contributed by atoms with Gasteiger partial charge in [0.25, 0.3) is 0 Å². The second-order valence-corrected chi connectivity index (χ2v) is 4.82. The molecule has 0 spiro atoms. The molecule has 16 heavy (non-hydrogen) atoms. The lowest BCUT2D eigenvalue weighted by atomic mass is 10.0. The van der Waals surface area contributed by atoms with Crippen LogP contribution in [0.5, 0.6) is 0 Å². The van der Waals surface area contributed by atoms with Gasteiger partial charge in [-0.1, -0.05) is 12.5 Å². The van der Waals surface area contributed by atoms with E-state index < -0.39 is 0 Å². The molecular formula is C13H21NO2. The van der Waals surface area contributed by atoms with Crippen LogP contribution >= 0.6 is 0 Å². The zero-order chi connectivity index (χ0) is 11.4. The molecule has 0 bridgehead atoms. The fraction of sp³-hybridized carbons (Fsp3) is 0.769. The first kappa shape index (κ1) is 11.6. The highest BCUT2D eigenvalue weighted by Crippen LogP contribution is 2.37. The molecule has 0 aromatic rings. The van der Waals surface area contributed by atoms with Crippen LogP contribution in [-0.2, 0) is 9.53 Å². The van der Waals surface area contributed by atoms with Gasteiger partial charge >= 0.3 is 5.97 Å². The summed E-state index contributed by atoms with van der Waals surface area (Å²) in [5.41, 5.74) is 0. The van der Waals surface area contributed by atoms with E-state index in [9.17, 15) is 4.79 Å². The highest BCUT2D eigenvalue weighted by molar-refractivity contribution is 5.81. The lowest BCUT2D eigenvalue weighted by Gasteiger charge is -2.13. The molecule has 1 aliphatic carbocycles. The van der Waals surface area contributed by atoms with Crippen molar-refractivity contribution >= 4 is 5.97 Å². The average Bonchev–Trinajstić information content (AvgIpc) is 2.78. The number of esters is 1. The molecule has 0 aromatic carbocycles. The van der Waals surface area contributed by atoms with Crippen LogP contribution in [0.1, 0.15) is 26.2 Å². The number of ether oxygens (including phenoxy) is 1. The summed E-state index contributed by atoms with van der Waals surface area (Å²) in [6.07, 6.45) is 7.71. The third kappa shape index (κ3) is 2.85. The van der Waals surface area contributed by atoms with E-state index in [1.165, 1.54) is 32.4 Å². The van der Waals surface area contributed by atoms with Crippen molar-refractivity contribution in [3.8, 4) is 0 Å². The van der Waals surface area contributed by atoms with E-state index in [4.69, 9.17) is 4.74 Å². The molecule has 1 aliphatic heterocycles. The SMILES string of the molecule is CCOC(=O)/C=C/CN1CC2CCCC2C1. The van der Waals surface area contributed by atoms with E-state index >= 15 is 0 Å². The van der Waals surface area contributed by atoms with Gasteiger partial charge in [0.05, 0.1) is 6.61 Å². The van der Waals surface area contributed by atoms with Gasteiger partial charge in [-0.3, -0.25) is 4.90 Å². The van der Waals surface area contributed by atoms with Gasteiger partial charge in [0.1, 0.15) is 0 Å². The molecule has 0 aromatic heterocycles. The molecule has 2 fully saturated rings. The fourth-order valence-corrected chi connectivity index (χ4v) is 2.97. The Morgan fingerprint density at radius 1 is 1.38 bits per heavy atom. The lowest BCUT2D eigenvalue weighted by molar-refractivity contribution is -0.137. The fourth-order valence-electron chi connectivity index (χ4n) is 2.97. The van der Waals surface area contributed by atoms with Crippen molar-refractivity contribution < 1.29 is 9.53 Å². The highest BCUT2D eigenvalue weighted by atomic mass is 16.5. The summed E-state index contributed by atoms with van der Waals surface area (Å²) in [5.74, 6) is 1.63. The van der Waals surface area contributed by atoms with Gasteiger partial charge in [0, 0.05) is 25.7 Å². The first-order chi connectivity index (χ1) is 7.79. The van der Waals surface area contributed by atoms with E-state index in [1.54, 1.807) is 6.08 Å². The Labute approximate surface area is 97.5 Å². The lowest BCUT2D eigenvalue weighted by Crippen LogP contribution is -2.21. The third-order valence-electron chi connectivity index (χ3n) is 3.71. The number of hydrogen-bond donors (Lipinski definition) is 0. The molecule has 2 atom stereocenters. The maximum absolute atomic E-state index is 11.1. The number of likely N-dealkylation sites (tertiary alicyclic amines) is 1. The van der Waals surface area contributed by atoms with Crippen LogP contribution in [0.15, 0.2) is 12.2 Å². The molecule has 1 saturated carbocycles. The van der Waals surface area contributed by atoms with Crippen LogP contribution in [0.25, 0.3) is 0 Å². The smallest absolute Gasteiger partial charge is 0.330 e. The van der Waals surface area contributed by atoms with Crippen LogP contribution in [0, 0.1) is 11.8 Å². The minimum absolute atomic E-state index is 0.220. The van der Waals surface area contributed by atoms with Gasteiger partial charge in [0.15, 0.2) is 0 Å². The first-order valence-electron chi connectivity index (χ1n) is 6.35. The predicted octanol–water partition coefficient (Wildman–Crippen LogP) is 1.84. The van der Waals surface area contributed by atoms with Crippen molar-refractivity contribution in [3.05, 3.63) is 12.2 Å². The van der Waals surface area contributed by atoms with E-state index in [-0.39, 0.29) is 5.97 Å². The Hall–Kier alpha value is -0.830. The number of hydrogen-bond acceptors (Lipinski definition) is 3. The van der Waals surface area contributed by atoms with Gasteiger partial charge in [0.2, 0.25) is 0 Å². The number of carbonyl (C=O) groups is 1. The summed E-state index contributed by atoms with van der Waals surface area (Å²) >= 11 is 0. The highest BCUT2D eigenvalue weighted by Gasteiger charge is 2.35. The van der Waals surface area contributed by atoms with E-state index in [0.717, 1.165) is 18.4 Å². The predicted molar refractivity (Wildman–Crippen MR) is 63.0 cm³/mol. The van der Waals surface area contributed by atoms with E-state index in [0.29, 0.717) is 6.61 Å². The van der Waals surface area contributed by atoms with Crippen molar-refractivity contribution in [1.82, 2.24) is 4.90 Å². The summed E-state index contributed by atoms with van der Waals surface area (Å²) in [6.45, 7) is 5.62. The van der Waals surface area contributed by atoms with Crippen LogP contribution in [-0.4, -0.2) is 37.1 Å². The Morgan fingerprint density at radius 3 is 2.69 bits per heavy atom. The number of rotatable bonds is 4. The Balaban J connectivity index is 1.69. The van der Waals surface area contributed by atoms with Gasteiger partial charge in [-0.2, -0.15) is 0 Å². The number of nitrogens with zero attached hydrogens (tertiary/aromatic N) is 1. The van der Waals surface area contributed by atoms with Crippen molar-refractivity contribution in [1.29, 1.82) is 0 Å². The van der Waals surface area contributed by atoms with Crippen LogP contribution in [0.4, 0.5) is 0 Å². The minimum atomic E-state index is -0.220. The van der Waals surface area contributed by atoms with Gasteiger partial charge in [-0.15, -0.1) is 0 Å². The molecule has 2 aliphatic rings. The standard InChI is InChI=1S/C13H21NO2/c1-2-16-13(15)7-4-8-14-9-11-5-3-6-12(11)10-14/h4,7,11-12H,2-3,5-6,8-10H2,1H3/b7-4+. The molecule has 1 saturated heterocycles. The van der Waals surface area contributed by atoms with Crippen molar-refractivity contribution in [2.45, 2.75) is 26.2 Å². The first-order valence-corrected chi connectivity index (χ1v) is 6.35. The Morgan fingerprint density at radius 2 is 2.06 bits per heavy atom. The second kappa shape index (κ2) is 5.48. The molecule has 3 nitrogen and oxygen atoms in total. The van der Waals surface area contributed by atoms with Gasteiger partial charge in [-0.25, -0.2) is 4.79 Å². The maximum atomic E-state index is 11.1. The quantitative estimate of drug-likeness (QED) is 0.538. The van der Waals surface area contributed by atoms with Crippen LogP contribution in [0.3, 0.4) is 0 Å². The Kier molecular flexibility index (Phi) is 3.99. The monoisotopic (exact) mass is 223 g/mol. The van der Waals surface area contributed by atoms with E-state index in [2.05, 4.69) is 4.90 Å². The summed E-state index contributed by atoms with van der Waals surface area (Å²) in [6, 6.07) is 0. The molecule has 3 heteroatoms. The zero-order valence-corrected chi connectivity index (χ0v) is 10.0. The van der Waals surface area contributed by atoms with Gasteiger partial charge in [-0.05, 0) is 31.6 Å². The van der Waals surface area contributed by atoms with Crippen LogP contribution < -0.4 is 0 Å². The molecule has 0 N–H and O–H groups in total. The zero-order valence-electron chi connectivity index (χ0n) is 10.0. The Bertz CT molecular complexity index is 263. The maximum Gasteiger partial charge on any atom is 0.330 e. The molecule has 1 heterocycles. The van der Waals surface area contributed by atoms with Crippen molar-refractivity contribution in [2.24, 2.45) is 11.8 Å². The summed E-state index contributed by atoms with van der Waals surface area (Å²) in [7, 11) is 0. The molecule has 0 amide bonds. The second-order valence-electron chi connectivity index (χ2n) is 4.82. The largest absolute Gasteiger partial charge is 0.463 e. The topological polar surface area (TPSA) is 29.5 Å². The van der Waals surface area contributed by atoms with Gasteiger partial charge < -0.3 is 4.74 Å². The summed E-state index contributed by atoms with van der Waals surface area (Å²) < 4.78 is 4.84. The third-order valence-corrected chi connectivity index (χ3v) is 3.71. The molecule has 2 rings (SSSR count). The molecular weight excluding hydrogens is 202 g/mol. The summed E-state index contributed by atoms with van der Waals surface area (Å²) in [5, 5.41) is 0. The molecule has 0 radical (unpaired) electrons. The van der Waals surface area contributed by atoms with E-state index in [1.807, 2.05) is 13.0 Å².